The minimum atomic E-state index is -0.00175. The molecule has 1 aromatic rings. The summed E-state index contributed by atoms with van der Waals surface area (Å²) in [7, 11) is 0. The molecule has 0 radical (unpaired) electrons. The first-order chi connectivity index (χ1) is 6.00. The Kier molecular flexibility index (Phi) is 2.86. The highest BCUT2D eigenvalue weighted by atomic mass is 16.1. The molecule has 0 saturated heterocycles. The van der Waals surface area contributed by atoms with E-state index in [1.165, 1.54) is 6.92 Å². The summed E-state index contributed by atoms with van der Waals surface area (Å²) in [5, 5.41) is 0. The zero-order chi connectivity index (χ0) is 10.0. The first-order valence-corrected chi connectivity index (χ1v) is 4.57. The molecule has 0 spiro atoms. The van der Waals surface area contributed by atoms with Gasteiger partial charge in [0.15, 0.2) is 11.6 Å². The van der Waals surface area contributed by atoms with Crippen molar-refractivity contribution in [1.29, 1.82) is 0 Å². The summed E-state index contributed by atoms with van der Waals surface area (Å²) in [5.41, 5.74) is 2.03. The molecule has 0 fully saturated rings. The van der Waals surface area contributed by atoms with Crippen molar-refractivity contribution in [2.45, 2.75) is 34.1 Å². The molecular weight excluding hydrogens is 164 g/mol. The van der Waals surface area contributed by atoms with Crippen molar-refractivity contribution >= 4 is 5.78 Å². The molecule has 0 amide bonds. The molecule has 1 aromatic heterocycles. The van der Waals surface area contributed by atoms with E-state index in [1.54, 1.807) is 0 Å². The number of aryl methyl sites for hydroxylation is 1. The van der Waals surface area contributed by atoms with Gasteiger partial charge in [-0.1, -0.05) is 13.8 Å². The predicted molar refractivity (Wildman–Crippen MR) is 51.9 cm³/mol. The van der Waals surface area contributed by atoms with Gasteiger partial charge >= 0.3 is 0 Å². The van der Waals surface area contributed by atoms with Crippen molar-refractivity contribution in [3.05, 3.63) is 17.2 Å². The van der Waals surface area contributed by atoms with Crippen LogP contribution in [0.2, 0.25) is 0 Å². The lowest BCUT2D eigenvalue weighted by Crippen LogP contribution is -1.97. The van der Waals surface area contributed by atoms with Crippen molar-refractivity contribution in [3.8, 4) is 0 Å². The average Bonchev–Trinajstić information content (AvgIpc) is 2.31. The van der Waals surface area contributed by atoms with Gasteiger partial charge in [0, 0.05) is 12.6 Å². The van der Waals surface area contributed by atoms with E-state index in [9.17, 15) is 4.79 Å². The van der Waals surface area contributed by atoms with Crippen LogP contribution in [0.1, 0.15) is 42.8 Å². The van der Waals surface area contributed by atoms with Crippen LogP contribution in [-0.4, -0.2) is 15.8 Å². The standard InChI is InChI=1S/C10H16N2O/c1-6(2)5-9-7(3)11-10(12-9)8(4)13/h6H,5H2,1-4H3,(H,11,12). The van der Waals surface area contributed by atoms with Crippen LogP contribution in [0.15, 0.2) is 0 Å². The second-order valence-electron chi connectivity index (χ2n) is 3.81. The number of nitrogens with zero attached hydrogens (tertiary/aromatic N) is 1. The number of aromatic nitrogens is 2. The number of nitrogens with one attached hydrogen (secondary N) is 1. The number of ketones is 1. The normalized spacial score (nSPS) is 10.8. The molecule has 0 aliphatic rings. The third kappa shape index (κ3) is 2.41. The summed E-state index contributed by atoms with van der Waals surface area (Å²) in [4.78, 5) is 18.2. The Labute approximate surface area is 78.6 Å². The third-order valence-corrected chi connectivity index (χ3v) is 1.92. The lowest BCUT2D eigenvalue weighted by molar-refractivity contribution is 0.100. The van der Waals surface area contributed by atoms with Crippen molar-refractivity contribution in [2.24, 2.45) is 5.92 Å². The fourth-order valence-corrected chi connectivity index (χ4v) is 1.25. The van der Waals surface area contributed by atoms with Gasteiger partial charge in [0.25, 0.3) is 0 Å². The molecular formula is C10H16N2O. The first kappa shape index (κ1) is 9.96. The topological polar surface area (TPSA) is 45.8 Å². The molecule has 0 aliphatic heterocycles. The van der Waals surface area contributed by atoms with E-state index in [4.69, 9.17) is 0 Å². The van der Waals surface area contributed by atoms with E-state index in [-0.39, 0.29) is 5.78 Å². The smallest absolute Gasteiger partial charge is 0.194 e. The van der Waals surface area contributed by atoms with Gasteiger partial charge in [-0.05, 0) is 19.3 Å². The maximum absolute atomic E-state index is 11.0. The second-order valence-corrected chi connectivity index (χ2v) is 3.81. The van der Waals surface area contributed by atoms with Gasteiger partial charge in [-0.25, -0.2) is 4.98 Å². The highest BCUT2D eigenvalue weighted by molar-refractivity contribution is 5.90. The van der Waals surface area contributed by atoms with Crippen LogP contribution in [0, 0.1) is 12.8 Å². The van der Waals surface area contributed by atoms with Gasteiger partial charge < -0.3 is 4.98 Å². The summed E-state index contributed by atoms with van der Waals surface area (Å²) >= 11 is 0. The highest BCUT2D eigenvalue weighted by Crippen LogP contribution is 2.10. The Balaban J connectivity index is 2.90. The fraction of sp³-hybridized carbons (Fsp3) is 0.600. The molecule has 0 bridgehead atoms. The Morgan fingerprint density at radius 1 is 1.54 bits per heavy atom. The fourth-order valence-electron chi connectivity index (χ4n) is 1.25. The van der Waals surface area contributed by atoms with Crippen LogP contribution in [-0.2, 0) is 6.42 Å². The Bertz CT molecular complexity index is 313. The van der Waals surface area contributed by atoms with Crippen LogP contribution in [0.3, 0.4) is 0 Å². The molecule has 3 nitrogen and oxygen atoms in total. The van der Waals surface area contributed by atoms with E-state index in [2.05, 4.69) is 23.8 Å². The SMILES string of the molecule is CC(=O)c1nc(CC(C)C)c(C)[nH]1. The Morgan fingerprint density at radius 2 is 2.15 bits per heavy atom. The summed E-state index contributed by atoms with van der Waals surface area (Å²) < 4.78 is 0. The van der Waals surface area contributed by atoms with E-state index < -0.39 is 0 Å². The largest absolute Gasteiger partial charge is 0.339 e. The van der Waals surface area contributed by atoms with Gasteiger partial charge in [-0.2, -0.15) is 0 Å². The number of imidazole rings is 1. The second kappa shape index (κ2) is 3.73. The van der Waals surface area contributed by atoms with E-state index in [0.717, 1.165) is 17.8 Å². The van der Waals surface area contributed by atoms with Gasteiger partial charge in [-0.3, -0.25) is 4.79 Å². The molecule has 0 aliphatic carbocycles. The number of rotatable bonds is 3. The van der Waals surface area contributed by atoms with Gasteiger partial charge in [0.1, 0.15) is 0 Å². The molecule has 1 heterocycles. The molecule has 1 rings (SSSR count). The van der Waals surface area contributed by atoms with Crippen molar-refractivity contribution in [3.63, 3.8) is 0 Å². The maximum atomic E-state index is 11.0. The average molecular weight is 180 g/mol. The van der Waals surface area contributed by atoms with E-state index >= 15 is 0 Å². The maximum Gasteiger partial charge on any atom is 0.194 e. The lowest BCUT2D eigenvalue weighted by Gasteiger charge is -2.00. The number of carbonyl (C=O) groups is 1. The molecule has 3 heteroatoms. The molecule has 72 valence electrons. The molecule has 13 heavy (non-hydrogen) atoms. The molecule has 0 unspecified atom stereocenters. The van der Waals surface area contributed by atoms with Crippen LogP contribution in [0.4, 0.5) is 0 Å². The van der Waals surface area contributed by atoms with E-state index in [0.29, 0.717) is 11.7 Å². The number of Topliss-reactive ketones (excluding diaryl/α,β-unsaturated/α-hetero) is 1. The van der Waals surface area contributed by atoms with Crippen LogP contribution >= 0.6 is 0 Å². The molecule has 1 N–H and O–H groups in total. The van der Waals surface area contributed by atoms with E-state index in [1.807, 2.05) is 6.92 Å². The Morgan fingerprint density at radius 3 is 2.54 bits per heavy atom. The first-order valence-electron chi connectivity index (χ1n) is 4.57. The van der Waals surface area contributed by atoms with Gasteiger partial charge in [0.2, 0.25) is 0 Å². The zero-order valence-corrected chi connectivity index (χ0v) is 8.64. The number of hydrogen-bond acceptors (Lipinski definition) is 2. The number of H-pyrrole nitrogens is 1. The monoisotopic (exact) mass is 180 g/mol. The summed E-state index contributed by atoms with van der Waals surface area (Å²) in [6, 6.07) is 0. The molecule has 0 aromatic carbocycles. The Hall–Kier alpha value is -1.12. The molecule has 0 atom stereocenters. The van der Waals surface area contributed by atoms with Crippen molar-refractivity contribution in [1.82, 2.24) is 9.97 Å². The number of hydrogen-bond donors (Lipinski definition) is 1. The minimum Gasteiger partial charge on any atom is -0.339 e. The number of carbonyl (C=O) groups excluding carboxylic acids is 1. The molecule has 0 saturated carbocycles. The third-order valence-electron chi connectivity index (χ3n) is 1.92. The minimum absolute atomic E-state index is 0.00175. The highest BCUT2D eigenvalue weighted by Gasteiger charge is 2.10. The van der Waals surface area contributed by atoms with Crippen LogP contribution in [0.5, 0.6) is 0 Å². The lowest BCUT2D eigenvalue weighted by atomic mass is 10.1. The summed E-state index contributed by atoms with van der Waals surface area (Å²) in [6.07, 6.45) is 0.926. The van der Waals surface area contributed by atoms with Gasteiger partial charge in [-0.15, -0.1) is 0 Å². The van der Waals surface area contributed by atoms with Crippen LogP contribution < -0.4 is 0 Å². The number of aromatic amines is 1. The summed E-state index contributed by atoms with van der Waals surface area (Å²) in [5.74, 6) is 1.05. The zero-order valence-electron chi connectivity index (χ0n) is 8.64. The van der Waals surface area contributed by atoms with Gasteiger partial charge in [0.05, 0.1) is 5.69 Å². The van der Waals surface area contributed by atoms with Crippen molar-refractivity contribution < 1.29 is 4.79 Å². The van der Waals surface area contributed by atoms with Crippen molar-refractivity contribution in [2.75, 3.05) is 0 Å². The quantitative estimate of drug-likeness (QED) is 0.724. The predicted octanol–water partition coefficient (Wildman–Crippen LogP) is 2.12. The van der Waals surface area contributed by atoms with Crippen LogP contribution in [0.25, 0.3) is 0 Å². The summed E-state index contributed by atoms with van der Waals surface area (Å²) in [6.45, 7) is 7.76.